The number of para-hydroxylation sites is 1. The van der Waals surface area contributed by atoms with E-state index in [9.17, 15) is 0 Å². The minimum Gasteiger partial charge on any atom is -0.494 e. The SMILES string of the molecule is CCOc1ccccc1[C@H](C)N1CCNCC1.Cl.Cl. The summed E-state index contributed by atoms with van der Waals surface area (Å²) < 4.78 is 5.71. The molecule has 2 rings (SSSR count). The molecule has 1 N–H and O–H groups in total. The molecule has 19 heavy (non-hydrogen) atoms. The van der Waals surface area contributed by atoms with Gasteiger partial charge in [0, 0.05) is 37.8 Å². The van der Waals surface area contributed by atoms with Crippen molar-refractivity contribution in [3.63, 3.8) is 0 Å². The lowest BCUT2D eigenvalue weighted by Gasteiger charge is -2.33. The van der Waals surface area contributed by atoms with Gasteiger partial charge in [-0.3, -0.25) is 4.90 Å². The summed E-state index contributed by atoms with van der Waals surface area (Å²) in [6, 6.07) is 8.81. The van der Waals surface area contributed by atoms with Crippen LogP contribution in [0, 0.1) is 0 Å². The molecule has 110 valence electrons. The Balaban J connectivity index is 0.00000162. The van der Waals surface area contributed by atoms with Gasteiger partial charge in [-0.15, -0.1) is 24.8 Å². The van der Waals surface area contributed by atoms with Crippen LogP contribution in [0.15, 0.2) is 24.3 Å². The van der Waals surface area contributed by atoms with Gasteiger partial charge in [0.05, 0.1) is 6.61 Å². The van der Waals surface area contributed by atoms with Crippen LogP contribution in [0.25, 0.3) is 0 Å². The average Bonchev–Trinajstić information content (AvgIpc) is 2.40. The number of hydrogen-bond donors (Lipinski definition) is 1. The summed E-state index contributed by atoms with van der Waals surface area (Å²) in [6.45, 7) is 9.42. The Labute approximate surface area is 128 Å². The van der Waals surface area contributed by atoms with E-state index in [0.29, 0.717) is 6.04 Å². The molecule has 0 aromatic heterocycles. The summed E-state index contributed by atoms with van der Waals surface area (Å²) in [5, 5.41) is 3.39. The van der Waals surface area contributed by atoms with Crippen LogP contribution in [0.2, 0.25) is 0 Å². The van der Waals surface area contributed by atoms with E-state index in [2.05, 4.69) is 35.3 Å². The number of hydrogen-bond acceptors (Lipinski definition) is 3. The summed E-state index contributed by atoms with van der Waals surface area (Å²) in [6.07, 6.45) is 0. The molecule has 3 nitrogen and oxygen atoms in total. The number of nitrogens with one attached hydrogen (secondary N) is 1. The standard InChI is InChI=1S/C14H22N2O.2ClH/c1-3-17-14-7-5-4-6-13(14)12(2)16-10-8-15-9-11-16;;/h4-7,12,15H,3,8-11H2,1-2H3;2*1H/t12-;;/m0../s1. The van der Waals surface area contributed by atoms with E-state index in [1.807, 2.05) is 13.0 Å². The molecule has 0 radical (unpaired) electrons. The summed E-state index contributed by atoms with van der Waals surface area (Å²) >= 11 is 0. The second kappa shape index (κ2) is 9.43. The Morgan fingerprint density at radius 1 is 1.21 bits per heavy atom. The monoisotopic (exact) mass is 306 g/mol. The van der Waals surface area contributed by atoms with Gasteiger partial charge in [-0.05, 0) is 19.9 Å². The first-order valence-corrected chi connectivity index (χ1v) is 6.49. The third-order valence-electron chi connectivity index (χ3n) is 3.37. The van der Waals surface area contributed by atoms with Crippen molar-refractivity contribution in [1.82, 2.24) is 10.2 Å². The molecule has 1 fully saturated rings. The van der Waals surface area contributed by atoms with Gasteiger partial charge in [-0.2, -0.15) is 0 Å². The van der Waals surface area contributed by atoms with Crippen LogP contribution in [0.4, 0.5) is 0 Å². The summed E-state index contributed by atoms with van der Waals surface area (Å²) in [5.41, 5.74) is 1.30. The van der Waals surface area contributed by atoms with Crippen molar-refractivity contribution in [2.75, 3.05) is 32.8 Å². The van der Waals surface area contributed by atoms with Gasteiger partial charge in [-0.1, -0.05) is 18.2 Å². The maximum Gasteiger partial charge on any atom is 0.124 e. The molecule has 0 spiro atoms. The van der Waals surface area contributed by atoms with Gasteiger partial charge in [0.1, 0.15) is 5.75 Å². The summed E-state index contributed by atoms with van der Waals surface area (Å²) in [4.78, 5) is 2.51. The topological polar surface area (TPSA) is 24.5 Å². The molecule has 1 saturated heterocycles. The van der Waals surface area contributed by atoms with E-state index in [1.54, 1.807) is 0 Å². The highest BCUT2D eigenvalue weighted by molar-refractivity contribution is 5.85. The van der Waals surface area contributed by atoms with E-state index in [-0.39, 0.29) is 24.8 Å². The molecule has 0 unspecified atom stereocenters. The fourth-order valence-electron chi connectivity index (χ4n) is 2.38. The minimum atomic E-state index is 0. The molecular formula is C14H24Cl2N2O. The van der Waals surface area contributed by atoms with Gasteiger partial charge in [-0.25, -0.2) is 0 Å². The fourth-order valence-corrected chi connectivity index (χ4v) is 2.38. The van der Waals surface area contributed by atoms with E-state index in [4.69, 9.17) is 4.74 Å². The number of rotatable bonds is 4. The zero-order valence-corrected chi connectivity index (χ0v) is 13.2. The van der Waals surface area contributed by atoms with Crippen molar-refractivity contribution < 1.29 is 4.74 Å². The van der Waals surface area contributed by atoms with Crippen LogP contribution < -0.4 is 10.1 Å². The average molecular weight is 307 g/mol. The lowest BCUT2D eigenvalue weighted by Crippen LogP contribution is -2.44. The third kappa shape index (κ3) is 4.84. The van der Waals surface area contributed by atoms with Gasteiger partial charge in [0.2, 0.25) is 0 Å². The molecule has 1 aromatic rings. The number of piperazine rings is 1. The molecule has 5 heteroatoms. The van der Waals surface area contributed by atoms with Crippen molar-refractivity contribution >= 4 is 24.8 Å². The van der Waals surface area contributed by atoms with E-state index >= 15 is 0 Å². The lowest BCUT2D eigenvalue weighted by atomic mass is 10.1. The summed E-state index contributed by atoms with van der Waals surface area (Å²) in [7, 11) is 0. The Kier molecular flexibility index (Phi) is 9.19. The van der Waals surface area contributed by atoms with E-state index in [1.165, 1.54) is 5.56 Å². The maximum atomic E-state index is 5.71. The quantitative estimate of drug-likeness (QED) is 0.926. The largest absolute Gasteiger partial charge is 0.494 e. The Morgan fingerprint density at radius 2 is 1.84 bits per heavy atom. The molecule has 0 bridgehead atoms. The van der Waals surface area contributed by atoms with Gasteiger partial charge < -0.3 is 10.1 Å². The lowest BCUT2D eigenvalue weighted by molar-refractivity contribution is 0.181. The van der Waals surface area contributed by atoms with Crippen LogP contribution in [0.3, 0.4) is 0 Å². The second-order valence-corrected chi connectivity index (χ2v) is 4.43. The summed E-state index contributed by atoms with van der Waals surface area (Å²) in [5.74, 6) is 1.03. The van der Waals surface area contributed by atoms with Crippen molar-refractivity contribution in [1.29, 1.82) is 0 Å². The van der Waals surface area contributed by atoms with Crippen molar-refractivity contribution in [2.24, 2.45) is 0 Å². The highest BCUT2D eigenvalue weighted by Gasteiger charge is 2.20. The smallest absolute Gasteiger partial charge is 0.124 e. The maximum absolute atomic E-state index is 5.71. The second-order valence-electron chi connectivity index (χ2n) is 4.43. The first kappa shape index (κ1) is 18.5. The van der Waals surface area contributed by atoms with Gasteiger partial charge in [0.25, 0.3) is 0 Å². The first-order chi connectivity index (χ1) is 8.33. The zero-order valence-electron chi connectivity index (χ0n) is 11.6. The van der Waals surface area contributed by atoms with Gasteiger partial charge >= 0.3 is 0 Å². The Bertz CT molecular complexity index is 357. The number of benzene rings is 1. The number of halogens is 2. The van der Waals surface area contributed by atoms with Crippen LogP contribution >= 0.6 is 24.8 Å². The molecular weight excluding hydrogens is 283 g/mol. The van der Waals surface area contributed by atoms with Crippen LogP contribution in [-0.2, 0) is 0 Å². The molecule has 0 saturated carbocycles. The fraction of sp³-hybridized carbons (Fsp3) is 0.571. The van der Waals surface area contributed by atoms with Crippen LogP contribution in [0.5, 0.6) is 5.75 Å². The number of nitrogens with zero attached hydrogens (tertiary/aromatic N) is 1. The zero-order chi connectivity index (χ0) is 12.1. The predicted octanol–water partition coefficient (Wildman–Crippen LogP) is 2.90. The molecule has 1 aromatic carbocycles. The molecule has 1 heterocycles. The van der Waals surface area contributed by atoms with E-state index in [0.717, 1.165) is 38.5 Å². The Morgan fingerprint density at radius 3 is 2.47 bits per heavy atom. The molecule has 1 aliphatic rings. The van der Waals surface area contributed by atoms with Crippen molar-refractivity contribution in [3.05, 3.63) is 29.8 Å². The Hall–Kier alpha value is -0.480. The predicted molar refractivity (Wildman–Crippen MR) is 85.0 cm³/mol. The van der Waals surface area contributed by atoms with Crippen LogP contribution in [-0.4, -0.2) is 37.7 Å². The molecule has 1 atom stereocenters. The normalized spacial score (nSPS) is 16.9. The highest BCUT2D eigenvalue weighted by atomic mass is 35.5. The molecule has 0 aliphatic carbocycles. The van der Waals surface area contributed by atoms with E-state index < -0.39 is 0 Å². The number of ether oxygens (including phenoxy) is 1. The van der Waals surface area contributed by atoms with Gasteiger partial charge in [0.15, 0.2) is 0 Å². The highest BCUT2D eigenvalue weighted by Crippen LogP contribution is 2.29. The molecule has 1 aliphatic heterocycles. The first-order valence-electron chi connectivity index (χ1n) is 6.49. The van der Waals surface area contributed by atoms with Crippen LogP contribution in [0.1, 0.15) is 25.5 Å². The third-order valence-corrected chi connectivity index (χ3v) is 3.37. The minimum absolute atomic E-state index is 0. The molecule has 0 amide bonds. The van der Waals surface area contributed by atoms with Crippen molar-refractivity contribution in [3.8, 4) is 5.75 Å². The van der Waals surface area contributed by atoms with Crippen molar-refractivity contribution in [2.45, 2.75) is 19.9 Å².